The standard InChI is InChI=1S/C26H30N2S3/c1-3-5-7-9-11-25-27-19-15-21-17(13-23(19)30-25)18-14-24-20(16-22(18)29-21)28-26(31-24)12-10-8-6-4-2/h13-16H,3-12H2,1-2H3. The first-order valence-electron chi connectivity index (χ1n) is 11.8. The third kappa shape index (κ3) is 4.50. The quantitative estimate of drug-likeness (QED) is 0.191. The normalized spacial score (nSPS) is 12.2. The second-order valence-corrected chi connectivity index (χ2v) is 11.9. The van der Waals surface area contributed by atoms with Crippen LogP contribution in [0.4, 0.5) is 0 Å². The van der Waals surface area contributed by atoms with E-state index in [2.05, 4.69) is 38.1 Å². The van der Waals surface area contributed by atoms with Crippen LogP contribution in [0.3, 0.4) is 0 Å². The molecule has 0 N–H and O–H groups in total. The van der Waals surface area contributed by atoms with Crippen LogP contribution >= 0.6 is 34.0 Å². The highest BCUT2D eigenvalue weighted by molar-refractivity contribution is 7.26. The molecule has 5 aromatic rings. The zero-order valence-corrected chi connectivity index (χ0v) is 20.9. The summed E-state index contributed by atoms with van der Waals surface area (Å²) < 4.78 is 5.36. The van der Waals surface area contributed by atoms with Crippen molar-refractivity contribution < 1.29 is 0 Å². The molecule has 3 aromatic heterocycles. The van der Waals surface area contributed by atoms with Crippen LogP contribution in [-0.2, 0) is 12.8 Å². The van der Waals surface area contributed by atoms with Crippen LogP contribution in [0.1, 0.15) is 75.2 Å². The number of benzene rings is 2. The number of aromatic nitrogens is 2. The second kappa shape index (κ2) is 9.51. The maximum atomic E-state index is 4.94. The molecular formula is C26H30N2S3. The Kier molecular flexibility index (Phi) is 6.54. The third-order valence-electron chi connectivity index (χ3n) is 6.07. The van der Waals surface area contributed by atoms with Crippen molar-refractivity contribution in [2.45, 2.75) is 78.1 Å². The van der Waals surface area contributed by atoms with Gasteiger partial charge in [-0.25, -0.2) is 9.97 Å². The Balaban J connectivity index is 1.44. The Hall–Kier alpha value is -1.56. The van der Waals surface area contributed by atoms with E-state index < -0.39 is 0 Å². The highest BCUT2D eigenvalue weighted by Crippen LogP contribution is 2.40. The van der Waals surface area contributed by atoms with Crippen molar-refractivity contribution in [1.82, 2.24) is 9.97 Å². The minimum absolute atomic E-state index is 1.12. The molecule has 0 saturated heterocycles. The zero-order valence-electron chi connectivity index (χ0n) is 18.5. The molecule has 0 saturated carbocycles. The summed E-state index contributed by atoms with van der Waals surface area (Å²) in [5.74, 6) is 0. The molecule has 0 unspecified atom stereocenters. The van der Waals surface area contributed by atoms with Gasteiger partial charge < -0.3 is 0 Å². The molecule has 0 radical (unpaired) electrons. The van der Waals surface area contributed by atoms with Crippen molar-refractivity contribution in [3.8, 4) is 0 Å². The number of rotatable bonds is 10. The van der Waals surface area contributed by atoms with Crippen molar-refractivity contribution in [2.24, 2.45) is 0 Å². The molecule has 0 atom stereocenters. The summed E-state index contributed by atoms with van der Waals surface area (Å²) in [4.78, 5) is 9.89. The first-order chi connectivity index (χ1) is 15.2. The van der Waals surface area contributed by atoms with Crippen LogP contribution in [0.5, 0.6) is 0 Å². The van der Waals surface area contributed by atoms with Crippen molar-refractivity contribution in [2.75, 3.05) is 0 Å². The number of thiazole rings is 2. The van der Waals surface area contributed by atoms with Gasteiger partial charge in [-0.1, -0.05) is 52.4 Å². The number of thiophene rings is 1. The maximum Gasteiger partial charge on any atom is 0.0938 e. The molecule has 5 heteroatoms. The van der Waals surface area contributed by atoms with Crippen molar-refractivity contribution in [3.05, 3.63) is 34.3 Å². The minimum Gasteiger partial charge on any atom is -0.241 e. The molecule has 162 valence electrons. The first-order valence-corrected chi connectivity index (χ1v) is 14.2. The second-order valence-electron chi connectivity index (χ2n) is 8.57. The summed E-state index contributed by atoms with van der Waals surface area (Å²) in [5, 5.41) is 5.36. The van der Waals surface area contributed by atoms with Crippen LogP contribution in [0, 0.1) is 0 Å². The summed E-state index contributed by atoms with van der Waals surface area (Å²) in [6.07, 6.45) is 12.6. The molecule has 31 heavy (non-hydrogen) atoms. The average molecular weight is 467 g/mol. The van der Waals surface area contributed by atoms with Gasteiger partial charge in [0.2, 0.25) is 0 Å². The van der Waals surface area contributed by atoms with E-state index in [1.165, 1.54) is 102 Å². The first kappa shape index (κ1) is 21.3. The predicted octanol–water partition coefficient (Wildman–Crippen LogP) is 9.52. The fourth-order valence-corrected chi connectivity index (χ4v) is 7.53. The van der Waals surface area contributed by atoms with Gasteiger partial charge >= 0.3 is 0 Å². The Morgan fingerprint density at radius 1 is 0.548 bits per heavy atom. The molecule has 2 aromatic carbocycles. The predicted molar refractivity (Wildman–Crippen MR) is 141 cm³/mol. The molecular weight excluding hydrogens is 437 g/mol. The fourth-order valence-electron chi connectivity index (χ4n) is 4.33. The van der Waals surface area contributed by atoms with Crippen LogP contribution in [0.25, 0.3) is 40.6 Å². The molecule has 0 spiro atoms. The Morgan fingerprint density at radius 3 is 1.48 bits per heavy atom. The number of fused-ring (bicyclic) bond motifs is 5. The maximum absolute atomic E-state index is 4.94. The minimum atomic E-state index is 1.12. The van der Waals surface area contributed by atoms with E-state index in [9.17, 15) is 0 Å². The van der Waals surface area contributed by atoms with Gasteiger partial charge in [-0.2, -0.15) is 0 Å². The van der Waals surface area contributed by atoms with Crippen molar-refractivity contribution in [3.63, 3.8) is 0 Å². The summed E-state index contributed by atoms with van der Waals surface area (Å²) in [6.45, 7) is 4.53. The monoisotopic (exact) mass is 466 g/mol. The molecule has 5 rings (SSSR count). The number of nitrogens with zero attached hydrogens (tertiary/aromatic N) is 2. The molecule has 3 heterocycles. The smallest absolute Gasteiger partial charge is 0.0938 e. The molecule has 0 bridgehead atoms. The van der Waals surface area contributed by atoms with E-state index in [1.807, 2.05) is 34.0 Å². The van der Waals surface area contributed by atoms with E-state index in [1.54, 1.807) is 0 Å². The molecule has 0 amide bonds. The van der Waals surface area contributed by atoms with Gasteiger partial charge in [0.25, 0.3) is 0 Å². The fraction of sp³-hybridized carbons (Fsp3) is 0.462. The van der Waals surface area contributed by atoms with Gasteiger partial charge in [-0.05, 0) is 49.9 Å². The van der Waals surface area contributed by atoms with Crippen LogP contribution in [0.15, 0.2) is 24.3 Å². The lowest BCUT2D eigenvalue weighted by Gasteiger charge is -1.95. The number of hydrogen-bond acceptors (Lipinski definition) is 5. The van der Waals surface area contributed by atoms with Crippen LogP contribution in [-0.4, -0.2) is 9.97 Å². The lowest BCUT2D eigenvalue weighted by molar-refractivity contribution is 0.666. The lowest BCUT2D eigenvalue weighted by Crippen LogP contribution is -1.83. The average Bonchev–Trinajstić information content (AvgIpc) is 3.44. The zero-order chi connectivity index (χ0) is 21.2. The topological polar surface area (TPSA) is 25.8 Å². The molecule has 0 aliphatic rings. The van der Waals surface area contributed by atoms with Crippen molar-refractivity contribution in [1.29, 1.82) is 0 Å². The van der Waals surface area contributed by atoms with Gasteiger partial charge in [-0.3, -0.25) is 0 Å². The molecule has 2 nitrogen and oxygen atoms in total. The number of aryl methyl sites for hydroxylation is 2. The largest absolute Gasteiger partial charge is 0.241 e. The molecule has 0 aliphatic carbocycles. The summed E-state index contributed by atoms with van der Waals surface area (Å²) in [5.41, 5.74) is 2.34. The van der Waals surface area contributed by atoms with Gasteiger partial charge in [0.1, 0.15) is 0 Å². The number of unbranched alkanes of at least 4 members (excludes halogenated alkanes) is 6. The summed E-state index contributed by atoms with van der Waals surface area (Å²) >= 11 is 5.66. The van der Waals surface area contributed by atoms with E-state index in [-0.39, 0.29) is 0 Å². The van der Waals surface area contributed by atoms with Gasteiger partial charge in [0.15, 0.2) is 0 Å². The van der Waals surface area contributed by atoms with E-state index in [0.717, 1.165) is 12.8 Å². The Bertz CT molecular complexity index is 1220. The van der Waals surface area contributed by atoms with E-state index in [0.29, 0.717) is 0 Å². The highest BCUT2D eigenvalue weighted by atomic mass is 32.1. The summed E-state index contributed by atoms with van der Waals surface area (Å²) in [6, 6.07) is 9.38. The van der Waals surface area contributed by atoms with E-state index >= 15 is 0 Å². The van der Waals surface area contributed by atoms with Gasteiger partial charge in [-0.15, -0.1) is 34.0 Å². The van der Waals surface area contributed by atoms with Gasteiger partial charge in [0.05, 0.1) is 30.4 Å². The Morgan fingerprint density at radius 2 is 1.03 bits per heavy atom. The number of hydrogen-bond donors (Lipinski definition) is 0. The van der Waals surface area contributed by atoms with Crippen molar-refractivity contribution >= 4 is 74.6 Å². The highest BCUT2D eigenvalue weighted by Gasteiger charge is 2.13. The Labute approximate surface area is 196 Å². The SMILES string of the molecule is CCCCCCc1nc2cc3sc4cc5nc(CCCCCC)sc5cc4c3cc2s1. The summed E-state index contributed by atoms with van der Waals surface area (Å²) in [7, 11) is 0. The van der Waals surface area contributed by atoms with E-state index in [4.69, 9.17) is 9.97 Å². The van der Waals surface area contributed by atoms with Crippen LogP contribution < -0.4 is 0 Å². The molecule has 0 fully saturated rings. The molecule has 0 aliphatic heterocycles. The lowest BCUT2D eigenvalue weighted by atomic mass is 10.1. The van der Waals surface area contributed by atoms with Gasteiger partial charge in [0, 0.05) is 20.2 Å². The van der Waals surface area contributed by atoms with Crippen LogP contribution in [0.2, 0.25) is 0 Å². The third-order valence-corrected chi connectivity index (χ3v) is 9.34.